The highest BCUT2D eigenvalue weighted by molar-refractivity contribution is 5.95. The molecule has 2 rings (SSSR count). The van der Waals surface area contributed by atoms with E-state index >= 15 is 0 Å². The Balaban J connectivity index is 2.49. The summed E-state index contributed by atoms with van der Waals surface area (Å²) >= 11 is 0. The highest BCUT2D eigenvalue weighted by Crippen LogP contribution is 2.41. The van der Waals surface area contributed by atoms with Crippen LogP contribution in [0.5, 0.6) is 17.2 Å². The minimum Gasteiger partial charge on any atom is -0.493 e. The van der Waals surface area contributed by atoms with Crippen molar-refractivity contribution in [2.75, 3.05) is 34.4 Å². The van der Waals surface area contributed by atoms with Crippen molar-refractivity contribution < 1.29 is 19.0 Å². The summed E-state index contributed by atoms with van der Waals surface area (Å²) in [5.74, 6) is 1.60. The van der Waals surface area contributed by atoms with E-state index in [0.717, 1.165) is 11.1 Å². The maximum absolute atomic E-state index is 12.6. The molecule has 6 nitrogen and oxygen atoms in total. The first kappa shape index (κ1) is 18.6. The summed E-state index contributed by atoms with van der Waals surface area (Å²) in [5, 5.41) is 0. The van der Waals surface area contributed by atoms with E-state index in [1.165, 1.54) is 0 Å². The van der Waals surface area contributed by atoms with Crippen LogP contribution in [0.1, 0.15) is 24.2 Å². The quantitative estimate of drug-likeness (QED) is 0.771. The number of benzene rings is 1. The molecule has 2 aromatic rings. The third kappa shape index (κ3) is 3.84. The van der Waals surface area contributed by atoms with Gasteiger partial charge in [0.2, 0.25) is 5.75 Å². The number of pyridine rings is 1. The average molecular weight is 344 g/mol. The van der Waals surface area contributed by atoms with Crippen molar-refractivity contribution in [3.8, 4) is 28.4 Å². The van der Waals surface area contributed by atoms with Crippen LogP contribution >= 0.6 is 0 Å². The number of rotatable bonds is 7. The SMILES string of the molecule is CCN(CC)C(=O)c1cncc(-c2cc(OC)c(OC)c(OC)c2)c1. The highest BCUT2D eigenvalue weighted by atomic mass is 16.5. The number of hydrogen-bond donors (Lipinski definition) is 0. The van der Waals surface area contributed by atoms with Crippen molar-refractivity contribution in [1.29, 1.82) is 0 Å². The molecule has 0 atom stereocenters. The summed E-state index contributed by atoms with van der Waals surface area (Å²) in [7, 11) is 4.70. The Hall–Kier alpha value is -2.76. The number of ether oxygens (including phenoxy) is 3. The maximum Gasteiger partial charge on any atom is 0.255 e. The minimum absolute atomic E-state index is 0.0354. The van der Waals surface area contributed by atoms with Crippen LogP contribution in [0.2, 0.25) is 0 Å². The van der Waals surface area contributed by atoms with Crippen LogP contribution in [0, 0.1) is 0 Å². The molecule has 0 aliphatic heterocycles. The summed E-state index contributed by atoms with van der Waals surface area (Å²) in [6.07, 6.45) is 3.29. The molecule has 0 spiro atoms. The summed E-state index contributed by atoms with van der Waals surface area (Å²) in [5.41, 5.74) is 2.18. The molecule has 1 aromatic heterocycles. The van der Waals surface area contributed by atoms with Gasteiger partial charge in [-0.15, -0.1) is 0 Å². The molecule has 6 heteroatoms. The molecule has 134 valence electrons. The van der Waals surface area contributed by atoms with Crippen molar-refractivity contribution in [1.82, 2.24) is 9.88 Å². The van der Waals surface area contributed by atoms with Crippen LogP contribution < -0.4 is 14.2 Å². The molecular weight excluding hydrogens is 320 g/mol. The monoisotopic (exact) mass is 344 g/mol. The minimum atomic E-state index is -0.0354. The van der Waals surface area contributed by atoms with Crippen molar-refractivity contribution in [2.45, 2.75) is 13.8 Å². The molecule has 0 unspecified atom stereocenters. The third-order valence-corrected chi connectivity index (χ3v) is 4.03. The molecule has 0 radical (unpaired) electrons. The van der Waals surface area contributed by atoms with Crippen molar-refractivity contribution in [3.63, 3.8) is 0 Å². The zero-order valence-electron chi connectivity index (χ0n) is 15.3. The van der Waals surface area contributed by atoms with Gasteiger partial charge in [-0.1, -0.05) is 0 Å². The molecule has 0 N–H and O–H groups in total. The van der Waals surface area contributed by atoms with Gasteiger partial charge >= 0.3 is 0 Å². The molecule has 0 aliphatic carbocycles. The lowest BCUT2D eigenvalue weighted by molar-refractivity contribution is 0.0772. The number of amides is 1. The van der Waals surface area contributed by atoms with Gasteiger partial charge in [-0.2, -0.15) is 0 Å². The molecule has 25 heavy (non-hydrogen) atoms. The summed E-state index contributed by atoms with van der Waals surface area (Å²) in [6, 6.07) is 5.50. The van der Waals surface area contributed by atoms with E-state index in [4.69, 9.17) is 14.2 Å². The van der Waals surface area contributed by atoms with Gasteiger partial charge in [0.15, 0.2) is 11.5 Å². The number of aromatic nitrogens is 1. The predicted molar refractivity (Wildman–Crippen MR) is 96.6 cm³/mol. The Labute approximate surface area is 148 Å². The lowest BCUT2D eigenvalue weighted by atomic mass is 10.0. The molecule has 0 saturated carbocycles. The first-order valence-electron chi connectivity index (χ1n) is 8.14. The topological polar surface area (TPSA) is 60.9 Å². The first-order valence-corrected chi connectivity index (χ1v) is 8.14. The molecule has 1 heterocycles. The Morgan fingerprint density at radius 3 is 2.00 bits per heavy atom. The Bertz CT molecular complexity index is 717. The largest absolute Gasteiger partial charge is 0.493 e. The smallest absolute Gasteiger partial charge is 0.255 e. The number of methoxy groups -OCH3 is 3. The lowest BCUT2D eigenvalue weighted by Crippen LogP contribution is -2.30. The van der Waals surface area contributed by atoms with Crippen LogP contribution in [-0.4, -0.2) is 50.2 Å². The fourth-order valence-corrected chi connectivity index (χ4v) is 2.66. The zero-order chi connectivity index (χ0) is 18.4. The highest BCUT2D eigenvalue weighted by Gasteiger charge is 2.17. The molecule has 1 amide bonds. The van der Waals surface area contributed by atoms with Crippen molar-refractivity contribution in [2.24, 2.45) is 0 Å². The molecular formula is C19H24N2O4. The van der Waals surface area contributed by atoms with Gasteiger partial charge in [-0.25, -0.2) is 0 Å². The van der Waals surface area contributed by atoms with Gasteiger partial charge in [0.1, 0.15) is 0 Å². The summed E-state index contributed by atoms with van der Waals surface area (Å²) in [6.45, 7) is 5.23. The van der Waals surface area contributed by atoms with Crippen LogP contribution in [0.15, 0.2) is 30.6 Å². The molecule has 0 fully saturated rings. The summed E-state index contributed by atoms with van der Waals surface area (Å²) in [4.78, 5) is 18.5. The van der Waals surface area contributed by atoms with Gasteiger partial charge in [0, 0.05) is 31.0 Å². The number of hydrogen-bond acceptors (Lipinski definition) is 5. The molecule has 1 aromatic carbocycles. The lowest BCUT2D eigenvalue weighted by Gasteiger charge is -2.19. The summed E-state index contributed by atoms with van der Waals surface area (Å²) < 4.78 is 16.1. The van der Waals surface area contributed by atoms with E-state index in [2.05, 4.69) is 4.98 Å². The Kier molecular flexibility index (Phi) is 6.22. The van der Waals surface area contributed by atoms with Crippen molar-refractivity contribution in [3.05, 3.63) is 36.2 Å². The van der Waals surface area contributed by atoms with E-state index < -0.39 is 0 Å². The van der Waals surface area contributed by atoms with E-state index in [-0.39, 0.29) is 5.91 Å². The standard InChI is InChI=1S/C19H24N2O4/c1-6-21(7-2)19(22)15-8-14(11-20-12-15)13-9-16(23-3)18(25-5)17(10-13)24-4/h8-12H,6-7H2,1-5H3. The van der Waals surface area contributed by atoms with E-state index in [9.17, 15) is 4.79 Å². The van der Waals surface area contributed by atoms with Crippen LogP contribution in [0.4, 0.5) is 0 Å². The average Bonchev–Trinajstić information content (AvgIpc) is 2.67. The van der Waals surface area contributed by atoms with Crippen molar-refractivity contribution >= 4 is 5.91 Å². The number of carbonyl (C=O) groups excluding carboxylic acids is 1. The second-order valence-electron chi connectivity index (χ2n) is 5.35. The zero-order valence-corrected chi connectivity index (χ0v) is 15.3. The number of carbonyl (C=O) groups is 1. The second kappa shape index (κ2) is 8.37. The van der Waals surface area contributed by atoms with E-state index in [1.54, 1.807) is 38.6 Å². The van der Waals surface area contributed by atoms with Crippen LogP contribution in [0.3, 0.4) is 0 Å². The van der Waals surface area contributed by atoms with E-state index in [0.29, 0.717) is 35.9 Å². The fraction of sp³-hybridized carbons (Fsp3) is 0.368. The normalized spacial score (nSPS) is 10.3. The molecule has 0 aliphatic rings. The van der Waals surface area contributed by atoms with E-state index in [1.807, 2.05) is 32.0 Å². The molecule has 0 bridgehead atoms. The number of nitrogens with zero attached hydrogens (tertiary/aromatic N) is 2. The Morgan fingerprint density at radius 2 is 1.52 bits per heavy atom. The Morgan fingerprint density at radius 1 is 0.920 bits per heavy atom. The van der Waals surface area contributed by atoms with Crippen LogP contribution in [0.25, 0.3) is 11.1 Å². The van der Waals surface area contributed by atoms with Crippen LogP contribution in [-0.2, 0) is 0 Å². The van der Waals surface area contributed by atoms with Gasteiger partial charge in [-0.05, 0) is 37.6 Å². The van der Waals surface area contributed by atoms with Gasteiger partial charge in [0.25, 0.3) is 5.91 Å². The predicted octanol–water partition coefficient (Wildman–Crippen LogP) is 3.26. The molecule has 0 saturated heterocycles. The maximum atomic E-state index is 12.6. The van der Waals surface area contributed by atoms with Gasteiger partial charge in [-0.3, -0.25) is 9.78 Å². The second-order valence-corrected chi connectivity index (χ2v) is 5.35. The van der Waals surface area contributed by atoms with Gasteiger partial charge in [0.05, 0.1) is 26.9 Å². The van der Waals surface area contributed by atoms with Gasteiger partial charge < -0.3 is 19.1 Å². The fourth-order valence-electron chi connectivity index (χ4n) is 2.66. The first-order chi connectivity index (χ1) is 12.1. The third-order valence-electron chi connectivity index (χ3n) is 4.03.